The van der Waals surface area contributed by atoms with E-state index in [1.807, 2.05) is 42.5 Å². The summed E-state index contributed by atoms with van der Waals surface area (Å²) in [6.07, 6.45) is 2.82. The molecule has 0 aliphatic heterocycles. The number of carbonyl (C=O) groups is 2. The molecule has 158 valence electrons. The van der Waals surface area contributed by atoms with Crippen LogP contribution in [0.2, 0.25) is 0 Å². The molecule has 7 nitrogen and oxygen atoms in total. The van der Waals surface area contributed by atoms with Gasteiger partial charge in [-0.2, -0.15) is 0 Å². The Morgan fingerprint density at radius 2 is 2.00 bits per heavy atom. The van der Waals surface area contributed by atoms with E-state index < -0.39 is 0 Å². The van der Waals surface area contributed by atoms with Gasteiger partial charge in [0.05, 0.1) is 6.61 Å². The summed E-state index contributed by atoms with van der Waals surface area (Å²) in [7, 11) is 0. The van der Waals surface area contributed by atoms with Crippen molar-refractivity contribution in [3.8, 4) is 11.5 Å². The van der Waals surface area contributed by atoms with Crippen LogP contribution in [0, 0.1) is 0 Å². The summed E-state index contributed by atoms with van der Waals surface area (Å²) in [5, 5.41) is 5.64. The molecular formula is C22H24BrN3O4. The number of oxazole rings is 1. The molecule has 2 N–H and O–H groups in total. The summed E-state index contributed by atoms with van der Waals surface area (Å²) in [5.41, 5.74) is 2.89. The first-order valence-corrected chi connectivity index (χ1v) is 10.7. The van der Waals surface area contributed by atoms with Crippen LogP contribution in [0.25, 0.3) is 22.6 Å². The van der Waals surface area contributed by atoms with Crippen LogP contribution >= 0.6 is 15.9 Å². The number of benzene rings is 2. The van der Waals surface area contributed by atoms with Crippen molar-refractivity contribution in [1.82, 2.24) is 10.3 Å². The third kappa shape index (κ3) is 6.32. The molecule has 0 fully saturated rings. The minimum absolute atomic E-state index is 0.172. The molecule has 0 aliphatic rings. The van der Waals surface area contributed by atoms with Crippen LogP contribution in [0.3, 0.4) is 0 Å². The van der Waals surface area contributed by atoms with Gasteiger partial charge in [-0.3, -0.25) is 4.79 Å². The zero-order chi connectivity index (χ0) is 21.3. The number of ether oxygens (including phenoxy) is 1. The Balaban J connectivity index is 1.47. The van der Waals surface area contributed by atoms with Gasteiger partial charge in [0.1, 0.15) is 5.52 Å². The number of urea groups is 1. The molecule has 30 heavy (non-hydrogen) atoms. The molecule has 8 heteroatoms. The Labute approximate surface area is 183 Å². The van der Waals surface area contributed by atoms with Crippen molar-refractivity contribution in [3.63, 3.8) is 0 Å². The lowest BCUT2D eigenvalue weighted by Crippen LogP contribution is -2.29. The first kappa shape index (κ1) is 21.8. The molecule has 3 aromatic rings. The molecule has 0 aliphatic carbocycles. The van der Waals surface area contributed by atoms with Crippen LogP contribution in [0.1, 0.15) is 32.6 Å². The van der Waals surface area contributed by atoms with Crippen LogP contribution in [0.5, 0.6) is 0 Å². The van der Waals surface area contributed by atoms with Gasteiger partial charge in [-0.25, -0.2) is 9.78 Å². The Hall–Kier alpha value is -2.87. The van der Waals surface area contributed by atoms with E-state index >= 15 is 0 Å². The highest BCUT2D eigenvalue weighted by molar-refractivity contribution is 9.10. The molecule has 0 unspecified atom stereocenters. The van der Waals surface area contributed by atoms with Gasteiger partial charge >= 0.3 is 12.0 Å². The molecule has 1 aromatic heterocycles. The van der Waals surface area contributed by atoms with Crippen molar-refractivity contribution in [2.45, 2.75) is 32.6 Å². The van der Waals surface area contributed by atoms with Gasteiger partial charge in [-0.15, -0.1) is 0 Å². The standard InChI is InChI=1S/C22H24BrN3O4/c1-2-29-20(27)9-4-3-5-12-24-22(28)25-17-8-6-7-15(13-17)21-26-18-14-16(23)10-11-19(18)30-21/h6-8,10-11,13-14H,2-5,9,12H2,1H3,(H2,24,25,28). The number of fused-ring (bicyclic) bond motifs is 1. The van der Waals surface area contributed by atoms with Crippen molar-refractivity contribution in [2.75, 3.05) is 18.5 Å². The lowest BCUT2D eigenvalue weighted by Gasteiger charge is -2.08. The summed E-state index contributed by atoms with van der Waals surface area (Å²) in [6.45, 7) is 2.74. The van der Waals surface area contributed by atoms with Crippen molar-refractivity contribution in [1.29, 1.82) is 0 Å². The lowest BCUT2D eigenvalue weighted by molar-refractivity contribution is -0.143. The third-order valence-electron chi connectivity index (χ3n) is 4.37. The molecule has 0 radical (unpaired) electrons. The second kappa shape index (κ2) is 10.8. The maximum atomic E-state index is 12.1. The Bertz CT molecular complexity index is 1020. The van der Waals surface area contributed by atoms with Gasteiger partial charge in [0.15, 0.2) is 5.58 Å². The number of unbranched alkanes of at least 4 members (excludes halogenated alkanes) is 2. The Morgan fingerprint density at radius 3 is 2.83 bits per heavy atom. The Kier molecular flexibility index (Phi) is 7.84. The topological polar surface area (TPSA) is 93.5 Å². The molecule has 0 saturated heterocycles. The average Bonchev–Trinajstić information content (AvgIpc) is 3.14. The van der Waals surface area contributed by atoms with Crippen LogP contribution in [-0.4, -0.2) is 30.1 Å². The molecule has 2 aromatic carbocycles. The fourth-order valence-corrected chi connectivity index (χ4v) is 3.28. The highest BCUT2D eigenvalue weighted by Gasteiger charge is 2.10. The van der Waals surface area contributed by atoms with Gasteiger partial charge < -0.3 is 19.8 Å². The summed E-state index contributed by atoms with van der Waals surface area (Å²) in [4.78, 5) is 27.9. The number of hydrogen-bond acceptors (Lipinski definition) is 5. The number of halogens is 1. The first-order chi connectivity index (χ1) is 14.5. The van der Waals surface area contributed by atoms with E-state index in [-0.39, 0.29) is 12.0 Å². The minimum Gasteiger partial charge on any atom is -0.466 e. The number of aromatic nitrogens is 1. The molecule has 1 heterocycles. The molecule has 0 spiro atoms. The molecule has 0 bridgehead atoms. The zero-order valence-electron chi connectivity index (χ0n) is 16.7. The van der Waals surface area contributed by atoms with E-state index in [1.165, 1.54) is 0 Å². The fraction of sp³-hybridized carbons (Fsp3) is 0.318. The van der Waals surface area contributed by atoms with Crippen molar-refractivity contribution >= 4 is 44.7 Å². The van der Waals surface area contributed by atoms with E-state index in [9.17, 15) is 9.59 Å². The Morgan fingerprint density at radius 1 is 1.13 bits per heavy atom. The number of esters is 1. The van der Waals surface area contributed by atoms with Crippen LogP contribution in [0.15, 0.2) is 51.4 Å². The molecule has 2 amide bonds. The highest BCUT2D eigenvalue weighted by Crippen LogP contribution is 2.27. The number of amides is 2. The minimum atomic E-state index is -0.279. The van der Waals surface area contributed by atoms with Gasteiger partial charge in [-0.05, 0) is 56.2 Å². The number of carbonyl (C=O) groups excluding carboxylic acids is 2. The predicted octanol–water partition coefficient (Wildman–Crippen LogP) is 5.50. The third-order valence-corrected chi connectivity index (χ3v) is 4.86. The van der Waals surface area contributed by atoms with E-state index in [0.29, 0.717) is 36.7 Å². The molecule has 3 rings (SSSR count). The van der Waals surface area contributed by atoms with Crippen LogP contribution in [-0.2, 0) is 9.53 Å². The summed E-state index contributed by atoms with van der Waals surface area (Å²) >= 11 is 3.43. The molecule has 0 saturated carbocycles. The second-order valence-corrected chi connectivity index (χ2v) is 7.62. The quantitative estimate of drug-likeness (QED) is 0.316. The monoisotopic (exact) mass is 473 g/mol. The maximum absolute atomic E-state index is 12.1. The van der Waals surface area contributed by atoms with Gasteiger partial charge in [0, 0.05) is 28.7 Å². The van der Waals surface area contributed by atoms with Crippen LogP contribution in [0.4, 0.5) is 10.5 Å². The second-order valence-electron chi connectivity index (χ2n) is 6.71. The number of hydrogen-bond donors (Lipinski definition) is 2. The SMILES string of the molecule is CCOC(=O)CCCCCNC(=O)Nc1cccc(-c2nc3cc(Br)ccc3o2)c1. The summed E-state index contributed by atoms with van der Waals surface area (Å²) in [5.74, 6) is 0.323. The van der Waals surface area contributed by atoms with Crippen LogP contribution < -0.4 is 10.6 Å². The van der Waals surface area contributed by atoms with Crippen molar-refractivity contribution < 1.29 is 18.7 Å². The summed E-state index contributed by atoms with van der Waals surface area (Å²) in [6, 6.07) is 12.7. The van der Waals surface area contributed by atoms with Gasteiger partial charge in [0.25, 0.3) is 0 Å². The van der Waals surface area contributed by atoms with E-state index in [2.05, 4.69) is 31.5 Å². The molecule has 0 atom stereocenters. The van der Waals surface area contributed by atoms with E-state index in [1.54, 1.807) is 6.92 Å². The van der Waals surface area contributed by atoms with Gasteiger partial charge in [0.2, 0.25) is 5.89 Å². The zero-order valence-corrected chi connectivity index (χ0v) is 18.3. The smallest absolute Gasteiger partial charge is 0.319 e. The van der Waals surface area contributed by atoms with Crippen molar-refractivity contribution in [2.24, 2.45) is 0 Å². The normalized spacial score (nSPS) is 10.7. The number of nitrogens with zero attached hydrogens (tertiary/aromatic N) is 1. The number of rotatable bonds is 9. The highest BCUT2D eigenvalue weighted by atomic mass is 79.9. The largest absolute Gasteiger partial charge is 0.466 e. The number of nitrogens with one attached hydrogen (secondary N) is 2. The lowest BCUT2D eigenvalue weighted by atomic mass is 10.2. The van der Waals surface area contributed by atoms with E-state index in [4.69, 9.17) is 9.15 Å². The van der Waals surface area contributed by atoms with Gasteiger partial charge in [-0.1, -0.05) is 28.4 Å². The molecular weight excluding hydrogens is 450 g/mol. The maximum Gasteiger partial charge on any atom is 0.319 e. The summed E-state index contributed by atoms with van der Waals surface area (Å²) < 4.78 is 11.6. The predicted molar refractivity (Wildman–Crippen MR) is 119 cm³/mol. The first-order valence-electron chi connectivity index (χ1n) is 9.92. The van der Waals surface area contributed by atoms with Crippen molar-refractivity contribution in [3.05, 3.63) is 46.9 Å². The average molecular weight is 474 g/mol. The number of anilines is 1. The fourth-order valence-electron chi connectivity index (χ4n) is 2.94. The van der Waals surface area contributed by atoms with E-state index in [0.717, 1.165) is 34.8 Å².